The molecular weight excluding hydrogens is 357 g/mol. The van der Waals surface area contributed by atoms with Crippen molar-refractivity contribution in [2.24, 2.45) is 0 Å². The van der Waals surface area contributed by atoms with Gasteiger partial charge in [0.25, 0.3) is 0 Å². The van der Waals surface area contributed by atoms with Crippen molar-refractivity contribution < 1.29 is 23.8 Å². The molecule has 0 aliphatic heterocycles. The molecule has 1 aromatic carbocycles. The second kappa shape index (κ2) is 8.12. The highest BCUT2D eigenvalue weighted by Gasteiger charge is 2.23. The van der Waals surface area contributed by atoms with E-state index in [-0.39, 0.29) is 18.2 Å². The van der Waals surface area contributed by atoms with E-state index in [2.05, 4.69) is 5.32 Å². The number of hydrogen-bond donors (Lipinski definition) is 2. The van der Waals surface area contributed by atoms with Crippen LogP contribution in [0.15, 0.2) is 36.4 Å². The third kappa shape index (κ3) is 4.94. The Kier molecular flexibility index (Phi) is 6.16. The number of carbonyl (C=O) groups excluding carboxylic acids is 1. The molecule has 2 rings (SSSR count). The number of nitrogens with one attached hydrogen (secondary N) is 1. The second-order valence-electron chi connectivity index (χ2n) is 5.01. The number of hydrogen-bond acceptors (Lipinski definition) is 4. The van der Waals surface area contributed by atoms with E-state index in [9.17, 15) is 19.1 Å². The van der Waals surface area contributed by atoms with E-state index < -0.39 is 23.8 Å². The lowest BCUT2D eigenvalue weighted by molar-refractivity contribution is -0.145. The number of rotatable bonds is 7. The summed E-state index contributed by atoms with van der Waals surface area (Å²) in [7, 11) is 0. The second-order valence-corrected chi connectivity index (χ2v) is 6.75. The number of benzene rings is 1. The summed E-state index contributed by atoms with van der Waals surface area (Å²) >= 11 is 7.13. The lowest BCUT2D eigenvalue weighted by Crippen LogP contribution is -2.41. The van der Waals surface area contributed by atoms with E-state index in [0.29, 0.717) is 4.34 Å². The van der Waals surface area contributed by atoms with Crippen molar-refractivity contribution in [2.45, 2.75) is 18.9 Å². The molecule has 1 amide bonds. The first-order valence-electron chi connectivity index (χ1n) is 7.05. The Hall–Kier alpha value is -2.12. The van der Waals surface area contributed by atoms with Crippen molar-refractivity contribution >= 4 is 34.8 Å². The van der Waals surface area contributed by atoms with Crippen molar-refractivity contribution in [1.82, 2.24) is 5.32 Å². The molecule has 0 spiro atoms. The molecule has 0 saturated heterocycles. The van der Waals surface area contributed by atoms with Crippen LogP contribution in [0.3, 0.4) is 0 Å². The summed E-state index contributed by atoms with van der Waals surface area (Å²) in [6.45, 7) is 1.49. The maximum atomic E-state index is 12.9. The zero-order valence-electron chi connectivity index (χ0n) is 12.7. The van der Waals surface area contributed by atoms with E-state index in [4.69, 9.17) is 16.3 Å². The van der Waals surface area contributed by atoms with E-state index >= 15 is 0 Å². The molecule has 0 bridgehead atoms. The summed E-state index contributed by atoms with van der Waals surface area (Å²) in [6.07, 6.45) is -1.28. The Morgan fingerprint density at radius 3 is 2.50 bits per heavy atom. The van der Waals surface area contributed by atoms with Crippen LogP contribution < -0.4 is 10.1 Å². The molecule has 0 aliphatic carbocycles. The highest BCUT2D eigenvalue weighted by Crippen LogP contribution is 2.28. The third-order valence-corrected chi connectivity index (χ3v) is 4.66. The van der Waals surface area contributed by atoms with E-state index in [1.807, 2.05) is 0 Å². The molecule has 0 radical (unpaired) electrons. The summed E-state index contributed by atoms with van der Waals surface area (Å²) < 4.78 is 18.7. The van der Waals surface area contributed by atoms with E-state index in [1.165, 1.54) is 23.5 Å². The molecule has 0 saturated carbocycles. The van der Waals surface area contributed by atoms with Gasteiger partial charge in [0.2, 0.25) is 12.0 Å². The molecular formula is C16H15ClFNO4S. The monoisotopic (exact) mass is 371 g/mol. The van der Waals surface area contributed by atoms with Gasteiger partial charge in [-0.25, -0.2) is 9.18 Å². The molecule has 2 unspecified atom stereocenters. The Bertz CT molecular complexity index is 719. The lowest BCUT2D eigenvalue weighted by Gasteiger charge is -2.17. The van der Waals surface area contributed by atoms with Gasteiger partial charge in [0.05, 0.1) is 16.8 Å². The largest absolute Gasteiger partial charge is 0.478 e. The van der Waals surface area contributed by atoms with Gasteiger partial charge >= 0.3 is 5.97 Å². The number of thiophene rings is 1. The molecule has 2 N–H and O–H groups in total. The summed E-state index contributed by atoms with van der Waals surface area (Å²) in [4.78, 5) is 24.2. The Labute approximate surface area is 147 Å². The molecule has 1 aromatic heterocycles. The average Bonchev–Trinajstić information content (AvgIpc) is 2.98. The van der Waals surface area contributed by atoms with Crippen molar-refractivity contribution in [1.29, 1.82) is 0 Å². The summed E-state index contributed by atoms with van der Waals surface area (Å²) in [6, 6.07) is 8.42. The van der Waals surface area contributed by atoms with Crippen molar-refractivity contribution in [3.8, 4) is 5.75 Å². The van der Waals surface area contributed by atoms with Gasteiger partial charge in [0.15, 0.2) is 0 Å². The molecule has 5 nitrogen and oxygen atoms in total. The molecule has 8 heteroatoms. The van der Waals surface area contributed by atoms with E-state index in [0.717, 1.165) is 17.0 Å². The van der Waals surface area contributed by atoms with Gasteiger partial charge in [-0.15, -0.1) is 11.3 Å². The van der Waals surface area contributed by atoms with Gasteiger partial charge in [-0.3, -0.25) is 4.79 Å². The molecule has 128 valence electrons. The number of ether oxygens (including phenoxy) is 1. The predicted octanol–water partition coefficient (Wildman–Crippen LogP) is 3.29. The predicted molar refractivity (Wildman–Crippen MR) is 89.2 cm³/mol. The fourth-order valence-electron chi connectivity index (χ4n) is 1.89. The minimum absolute atomic E-state index is 0.205. The van der Waals surface area contributed by atoms with Crippen LogP contribution in [0.4, 0.5) is 4.39 Å². The first kappa shape index (κ1) is 18.2. The maximum absolute atomic E-state index is 12.9. The quantitative estimate of drug-likeness (QED) is 0.783. The molecule has 1 heterocycles. The van der Waals surface area contributed by atoms with Gasteiger partial charge in [-0.05, 0) is 43.3 Å². The van der Waals surface area contributed by atoms with Crippen LogP contribution in [0, 0.1) is 5.82 Å². The number of halogens is 2. The minimum Gasteiger partial charge on any atom is -0.478 e. The summed E-state index contributed by atoms with van der Waals surface area (Å²) in [5.74, 6) is -2.27. The SMILES string of the molecule is CC(C(=O)NCC(Oc1ccc(F)cc1)C(=O)O)c1ccc(Cl)s1. The molecule has 2 aromatic rings. The molecule has 24 heavy (non-hydrogen) atoms. The number of amides is 1. The maximum Gasteiger partial charge on any atom is 0.346 e. The highest BCUT2D eigenvalue weighted by molar-refractivity contribution is 7.16. The fraction of sp³-hybridized carbons (Fsp3) is 0.250. The molecule has 0 aliphatic rings. The first-order valence-corrected chi connectivity index (χ1v) is 8.24. The smallest absolute Gasteiger partial charge is 0.346 e. The van der Waals surface area contributed by atoms with E-state index in [1.54, 1.807) is 19.1 Å². The zero-order valence-corrected chi connectivity index (χ0v) is 14.2. The summed E-state index contributed by atoms with van der Waals surface area (Å²) in [5.41, 5.74) is 0. The van der Waals surface area contributed by atoms with Crippen LogP contribution in [0.25, 0.3) is 0 Å². The van der Waals surface area contributed by atoms with Gasteiger partial charge in [0.1, 0.15) is 11.6 Å². The van der Waals surface area contributed by atoms with Crippen LogP contribution in [0.1, 0.15) is 17.7 Å². The number of aliphatic carboxylic acids is 1. The van der Waals surface area contributed by atoms with Gasteiger partial charge < -0.3 is 15.2 Å². The normalized spacial score (nSPS) is 13.1. The van der Waals surface area contributed by atoms with Gasteiger partial charge in [0, 0.05) is 4.88 Å². The van der Waals surface area contributed by atoms with Crippen molar-refractivity contribution in [3.63, 3.8) is 0 Å². The average molecular weight is 372 g/mol. The van der Waals surface area contributed by atoms with Crippen LogP contribution in [0.2, 0.25) is 4.34 Å². The van der Waals surface area contributed by atoms with Crippen LogP contribution in [-0.2, 0) is 9.59 Å². The van der Waals surface area contributed by atoms with Crippen molar-refractivity contribution in [3.05, 3.63) is 51.4 Å². The van der Waals surface area contributed by atoms with Crippen LogP contribution in [0.5, 0.6) is 5.75 Å². The third-order valence-electron chi connectivity index (χ3n) is 3.24. The topological polar surface area (TPSA) is 75.6 Å². The Morgan fingerprint density at radius 1 is 1.29 bits per heavy atom. The number of carboxylic acids is 1. The van der Waals surface area contributed by atoms with Crippen molar-refractivity contribution in [2.75, 3.05) is 6.54 Å². The minimum atomic E-state index is -1.28. The first-order chi connectivity index (χ1) is 11.4. The highest BCUT2D eigenvalue weighted by atomic mass is 35.5. The van der Waals surface area contributed by atoms with Gasteiger partial charge in [-0.1, -0.05) is 11.6 Å². The Balaban J connectivity index is 1.94. The zero-order chi connectivity index (χ0) is 17.7. The fourth-order valence-corrected chi connectivity index (χ4v) is 3.00. The Morgan fingerprint density at radius 2 is 1.96 bits per heavy atom. The van der Waals surface area contributed by atoms with Crippen LogP contribution >= 0.6 is 22.9 Å². The van der Waals surface area contributed by atoms with Crippen LogP contribution in [-0.4, -0.2) is 29.6 Å². The lowest BCUT2D eigenvalue weighted by atomic mass is 10.1. The van der Waals surface area contributed by atoms with Gasteiger partial charge in [-0.2, -0.15) is 0 Å². The molecule has 2 atom stereocenters. The standard InChI is InChI=1S/C16H15ClFNO4S/c1-9(13-6-7-14(17)24-13)15(20)19-8-12(16(21)22)23-11-4-2-10(18)3-5-11/h2-7,9,12H,8H2,1H3,(H,19,20)(H,21,22). The molecule has 0 fully saturated rings. The number of carbonyl (C=O) groups is 2. The number of carboxylic acid groups (broad SMARTS) is 1. The summed E-state index contributed by atoms with van der Waals surface area (Å²) in [5, 5.41) is 11.7.